The number of halogens is 1. The zero-order chi connectivity index (χ0) is 10.8. The molecule has 0 saturated carbocycles. The van der Waals surface area contributed by atoms with Gasteiger partial charge in [-0.1, -0.05) is 6.07 Å². The summed E-state index contributed by atoms with van der Waals surface area (Å²) in [6.07, 6.45) is 0.565. The molecule has 0 spiro atoms. The molecular formula is C11H16FNO. The van der Waals surface area contributed by atoms with E-state index in [-0.39, 0.29) is 5.75 Å². The third-order valence-electron chi connectivity index (χ3n) is 2.18. The van der Waals surface area contributed by atoms with Gasteiger partial charge in [0.15, 0.2) is 0 Å². The molecule has 1 rings (SSSR count). The molecule has 3 N–H and O–H groups in total. The van der Waals surface area contributed by atoms with E-state index in [1.54, 1.807) is 12.1 Å². The molecule has 0 heterocycles. The van der Waals surface area contributed by atoms with Crippen LogP contribution in [0.15, 0.2) is 18.2 Å². The largest absolute Gasteiger partial charge is 0.508 e. The van der Waals surface area contributed by atoms with Crippen molar-refractivity contribution in [2.75, 3.05) is 6.54 Å². The second-order valence-electron chi connectivity index (χ2n) is 3.85. The fourth-order valence-corrected chi connectivity index (χ4v) is 1.31. The molecule has 0 unspecified atom stereocenters. The van der Waals surface area contributed by atoms with Gasteiger partial charge in [-0.05, 0) is 50.1 Å². The maximum absolute atomic E-state index is 13.6. The van der Waals surface area contributed by atoms with Crippen molar-refractivity contribution in [3.05, 3.63) is 29.3 Å². The molecule has 0 aromatic heterocycles. The number of hydrogen-bond donors (Lipinski definition) is 2. The summed E-state index contributed by atoms with van der Waals surface area (Å²) in [6, 6.07) is 4.78. The Morgan fingerprint density at radius 1 is 1.43 bits per heavy atom. The first-order chi connectivity index (χ1) is 6.45. The lowest BCUT2D eigenvalue weighted by atomic mass is 9.96. The van der Waals surface area contributed by atoms with E-state index < -0.39 is 5.67 Å². The molecule has 0 atom stereocenters. The molecule has 0 aliphatic rings. The first-order valence-electron chi connectivity index (χ1n) is 4.66. The molecule has 0 aliphatic heterocycles. The number of benzene rings is 1. The van der Waals surface area contributed by atoms with E-state index in [0.717, 1.165) is 0 Å². The summed E-state index contributed by atoms with van der Waals surface area (Å²) in [5.41, 5.74) is 5.28. The Bertz CT molecular complexity index is 318. The molecule has 0 bridgehead atoms. The highest BCUT2D eigenvalue weighted by Gasteiger charge is 2.19. The number of phenols is 1. The SMILES string of the molecule is CC(C)(F)c1ccc(O)c(CCN)c1. The van der Waals surface area contributed by atoms with Crippen LogP contribution in [0.25, 0.3) is 0 Å². The van der Waals surface area contributed by atoms with Crippen LogP contribution < -0.4 is 5.73 Å². The minimum absolute atomic E-state index is 0.184. The monoisotopic (exact) mass is 197 g/mol. The van der Waals surface area contributed by atoms with E-state index in [1.165, 1.54) is 19.9 Å². The molecule has 14 heavy (non-hydrogen) atoms. The van der Waals surface area contributed by atoms with Crippen molar-refractivity contribution in [2.24, 2.45) is 5.73 Å². The topological polar surface area (TPSA) is 46.2 Å². The summed E-state index contributed by atoms with van der Waals surface area (Å²) < 4.78 is 13.6. The highest BCUT2D eigenvalue weighted by atomic mass is 19.1. The van der Waals surface area contributed by atoms with Crippen LogP contribution >= 0.6 is 0 Å². The molecular weight excluding hydrogens is 181 g/mol. The predicted octanol–water partition coefficient (Wildman–Crippen LogP) is 2.10. The van der Waals surface area contributed by atoms with E-state index in [2.05, 4.69) is 0 Å². The quantitative estimate of drug-likeness (QED) is 0.779. The first-order valence-corrected chi connectivity index (χ1v) is 4.66. The molecule has 3 heteroatoms. The molecule has 1 aromatic carbocycles. The molecule has 0 fully saturated rings. The highest BCUT2D eigenvalue weighted by Crippen LogP contribution is 2.28. The van der Waals surface area contributed by atoms with Crippen molar-refractivity contribution in [3.63, 3.8) is 0 Å². The van der Waals surface area contributed by atoms with Crippen LogP contribution in [0.5, 0.6) is 5.75 Å². The second-order valence-corrected chi connectivity index (χ2v) is 3.85. The number of aromatic hydroxyl groups is 1. The van der Waals surface area contributed by atoms with Gasteiger partial charge in [0, 0.05) is 0 Å². The number of phenolic OH excluding ortho intramolecular Hbond substituents is 1. The van der Waals surface area contributed by atoms with Crippen LogP contribution in [0.1, 0.15) is 25.0 Å². The Hall–Kier alpha value is -1.09. The standard InChI is InChI=1S/C11H16FNO/c1-11(2,12)9-3-4-10(14)8(7-9)5-6-13/h3-4,7,14H,5-6,13H2,1-2H3. The Kier molecular flexibility index (Phi) is 3.11. The molecule has 0 aliphatic carbocycles. The first kappa shape index (κ1) is 11.0. The molecule has 0 radical (unpaired) electrons. The summed E-state index contributed by atoms with van der Waals surface area (Å²) >= 11 is 0. The van der Waals surface area contributed by atoms with Crippen LogP contribution in [-0.4, -0.2) is 11.7 Å². The van der Waals surface area contributed by atoms with Gasteiger partial charge in [-0.25, -0.2) is 4.39 Å². The van der Waals surface area contributed by atoms with Crippen LogP contribution in [-0.2, 0) is 12.1 Å². The summed E-state index contributed by atoms with van der Waals surface area (Å²) in [5, 5.41) is 9.45. The van der Waals surface area contributed by atoms with Crippen molar-refractivity contribution in [1.82, 2.24) is 0 Å². The lowest BCUT2D eigenvalue weighted by molar-refractivity contribution is 0.221. The Morgan fingerprint density at radius 3 is 2.57 bits per heavy atom. The van der Waals surface area contributed by atoms with Gasteiger partial charge in [-0.15, -0.1) is 0 Å². The maximum atomic E-state index is 13.6. The van der Waals surface area contributed by atoms with Crippen molar-refractivity contribution in [1.29, 1.82) is 0 Å². The van der Waals surface area contributed by atoms with Gasteiger partial charge >= 0.3 is 0 Å². The third kappa shape index (κ3) is 2.45. The Morgan fingerprint density at radius 2 is 2.07 bits per heavy atom. The van der Waals surface area contributed by atoms with E-state index in [0.29, 0.717) is 24.1 Å². The third-order valence-corrected chi connectivity index (χ3v) is 2.18. The van der Waals surface area contributed by atoms with E-state index in [1.807, 2.05) is 0 Å². The summed E-state index contributed by atoms with van der Waals surface area (Å²) in [6.45, 7) is 3.43. The summed E-state index contributed by atoms with van der Waals surface area (Å²) in [4.78, 5) is 0. The van der Waals surface area contributed by atoms with Crippen molar-refractivity contribution >= 4 is 0 Å². The van der Waals surface area contributed by atoms with Crippen LogP contribution in [0.4, 0.5) is 4.39 Å². The van der Waals surface area contributed by atoms with Crippen molar-refractivity contribution in [3.8, 4) is 5.75 Å². The Balaban J connectivity index is 3.06. The van der Waals surface area contributed by atoms with Gasteiger partial charge in [-0.3, -0.25) is 0 Å². The van der Waals surface area contributed by atoms with Gasteiger partial charge in [0.05, 0.1) is 0 Å². The summed E-state index contributed by atoms with van der Waals surface area (Å²) in [5.74, 6) is 0.184. The molecule has 2 nitrogen and oxygen atoms in total. The van der Waals surface area contributed by atoms with Gasteiger partial charge < -0.3 is 10.8 Å². The lowest BCUT2D eigenvalue weighted by Gasteiger charge is -2.16. The van der Waals surface area contributed by atoms with E-state index >= 15 is 0 Å². The lowest BCUT2D eigenvalue weighted by Crippen LogP contribution is -2.10. The van der Waals surface area contributed by atoms with Crippen LogP contribution in [0, 0.1) is 0 Å². The average molecular weight is 197 g/mol. The van der Waals surface area contributed by atoms with Crippen molar-refractivity contribution < 1.29 is 9.50 Å². The normalized spacial score (nSPS) is 11.7. The smallest absolute Gasteiger partial charge is 0.130 e. The summed E-state index contributed by atoms with van der Waals surface area (Å²) in [7, 11) is 0. The van der Waals surface area contributed by atoms with Gasteiger partial charge in [-0.2, -0.15) is 0 Å². The van der Waals surface area contributed by atoms with Crippen LogP contribution in [0.2, 0.25) is 0 Å². The second kappa shape index (κ2) is 3.96. The van der Waals surface area contributed by atoms with Gasteiger partial charge in [0.25, 0.3) is 0 Å². The zero-order valence-electron chi connectivity index (χ0n) is 8.55. The van der Waals surface area contributed by atoms with Crippen LogP contribution in [0.3, 0.4) is 0 Å². The minimum Gasteiger partial charge on any atom is -0.508 e. The average Bonchev–Trinajstić information content (AvgIpc) is 2.07. The molecule has 0 amide bonds. The molecule has 0 saturated heterocycles. The zero-order valence-corrected chi connectivity index (χ0v) is 8.55. The molecule has 78 valence electrons. The van der Waals surface area contributed by atoms with Crippen molar-refractivity contribution in [2.45, 2.75) is 25.9 Å². The Labute approximate surface area is 83.6 Å². The van der Waals surface area contributed by atoms with E-state index in [9.17, 15) is 9.50 Å². The minimum atomic E-state index is -1.38. The number of alkyl halides is 1. The fraction of sp³-hybridized carbons (Fsp3) is 0.455. The van der Waals surface area contributed by atoms with Gasteiger partial charge in [0.1, 0.15) is 11.4 Å². The fourth-order valence-electron chi connectivity index (χ4n) is 1.31. The predicted molar refractivity (Wildman–Crippen MR) is 55.0 cm³/mol. The number of rotatable bonds is 3. The number of hydrogen-bond acceptors (Lipinski definition) is 2. The molecule has 1 aromatic rings. The maximum Gasteiger partial charge on any atom is 0.130 e. The highest BCUT2D eigenvalue weighted by molar-refractivity contribution is 5.38. The van der Waals surface area contributed by atoms with E-state index in [4.69, 9.17) is 5.73 Å². The number of nitrogens with two attached hydrogens (primary N) is 1. The van der Waals surface area contributed by atoms with Gasteiger partial charge in [0.2, 0.25) is 0 Å².